The fourth-order valence-corrected chi connectivity index (χ4v) is 3.23. The highest BCUT2D eigenvalue weighted by Crippen LogP contribution is 2.35. The molecule has 3 unspecified atom stereocenters. The summed E-state index contributed by atoms with van der Waals surface area (Å²) in [5, 5.41) is 3.49. The Bertz CT molecular complexity index is 391. The summed E-state index contributed by atoms with van der Waals surface area (Å²) in [6.45, 7) is 8.01. The van der Waals surface area contributed by atoms with Crippen LogP contribution < -0.4 is 10.2 Å². The van der Waals surface area contributed by atoms with Gasteiger partial charge in [-0.15, -0.1) is 0 Å². The topological polar surface area (TPSA) is 28.2 Å². The third-order valence-electron chi connectivity index (χ3n) is 4.19. The van der Waals surface area contributed by atoms with Crippen molar-refractivity contribution in [2.24, 2.45) is 11.8 Å². The second kappa shape index (κ2) is 3.74. The Labute approximate surface area is 96.9 Å². The lowest BCUT2D eigenvalue weighted by Crippen LogP contribution is -2.34. The largest absolute Gasteiger partial charge is 0.353 e. The van der Waals surface area contributed by atoms with Gasteiger partial charge in [-0.3, -0.25) is 0 Å². The molecule has 2 fully saturated rings. The van der Waals surface area contributed by atoms with E-state index in [1.807, 2.05) is 12.3 Å². The van der Waals surface area contributed by atoms with E-state index in [0.717, 1.165) is 18.4 Å². The molecule has 0 spiro atoms. The van der Waals surface area contributed by atoms with Crippen LogP contribution >= 0.6 is 0 Å². The van der Waals surface area contributed by atoms with E-state index in [-0.39, 0.29) is 0 Å². The van der Waals surface area contributed by atoms with E-state index >= 15 is 0 Å². The number of fused-ring (bicyclic) bond motifs is 1. The van der Waals surface area contributed by atoms with Gasteiger partial charge in [0.1, 0.15) is 5.82 Å². The molecule has 2 aliphatic heterocycles. The smallest absolute Gasteiger partial charge is 0.131 e. The lowest BCUT2D eigenvalue weighted by molar-refractivity contribution is 0.471. The molecule has 3 rings (SSSR count). The summed E-state index contributed by atoms with van der Waals surface area (Å²) < 4.78 is 0. The van der Waals surface area contributed by atoms with Gasteiger partial charge in [0, 0.05) is 31.9 Å². The summed E-state index contributed by atoms with van der Waals surface area (Å²) in [7, 11) is 0. The van der Waals surface area contributed by atoms with E-state index in [1.54, 1.807) is 0 Å². The van der Waals surface area contributed by atoms with E-state index in [4.69, 9.17) is 0 Å². The zero-order valence-electron chi connectivity index (χ0n) is 9.98. The van der Waals surface area contributed by atoms with Crippen molar-refractivity contribution in [3.05, 3.63) is 23.9 Å². The summed E-state index contributed by atoms with van der Waals surface area (Å²) in [6, 6.07) is 4.79. The van der Waals surface area contributed by atoms with Crippen LogP contribution in [0.2, 0.25) is 0 Å². The molecular weight excluding hydrogens is 198 g/mol. The molecule has 16 heavy (non-hydrogen) atoms. The molecule has 0 aliphatic carbocycles. The van der Waals surface area contributed by atoms with Crippen LogP contribution in [0.5, 0.6) is 0 Å². The molecule has 2 saturated heterocycles. The molecule has 1 N–H and O–H groups in total. The van der Waals surface area contributed by atoms with E-state index in [9.17, 15) is 0 Å². The number of pyridine rings is 1. The van der Waals surface area contributed by atoms with Crippen molar-refractivity contribution in [3.8, 4) is 0 Å². The molecular formula is C13H19N3. The highest BCUT2D eigenvalue weighted by molar-refractivity contribution is 5.48. The number of nitrogens with zero attached hydrogens (tertiary/aromatic N) is 2. The van der Waals surface area contributed by atoms with Gasteiger partial charge in [0.15, 0.2) is 0 Å². The molecule has 1 aromatic rings. The quantitative estimate of drug-likeness (QED) is 0.771. The Morgan fingerprint density at radius 3 is 3.06 bits per heavy atom. The van der Waals surface area contributed by atoms with Gasteiger partial charge >= 0.3 is 0 Å². The zero-order valence-corrected chi connectivity index (χ0v) is 9.98. The average molecular weight is 217 g/mol. The van der Waals surface area contributed by atoms with Crippen LogP contribution in [-0.2, 0) is 0 Å². The second-order valence-electron chi connectivity index (χ2n) is 5.12. The summed E-state index contributed by atoms with van der Waals surface area (Å²) >= 11 is 0. The number of rotatable bonds is 1. The van der Waals surface area contributed by atoms with Gasteiger partial charge in [-0.05, 0) is 37.3 Å². The molecule has 86 valence electrons. The SMILES string of the molecule is Cc1cccnc1N1CC2CNCC2C1C. The Kier molecular flexibility index (Phi) is 2.36. The summed E-state index contributed by atoms with van der Waals surface area (Å²) in [5.41, 5.74) is 1.29. The van der Waals surface area contributed by atoms with Crippen LogP contribution in [0.1, 0.15) is 12.5 Å². The fourth-order valence-electron chi connectivity index (χ4n) is 3.23. The Balaban J connectivity index is 1.89. The number of anilines is 1. The van der Waals surface area contributed by atoms with Gasteiger partial charge in [0.25, 0.3) is 0 Å². The molecule has 0 aromatic carbocycles. The standard InChI is InChI=1S/C13H19N3/c1-9-4-3-5-15-13(9)16-8-11-6-14-7-12(11)10(16)2/h3-5,10-12,14H,6-8H2,1-2H3. The van der Waals surface area contributed by atoms with Crippen LogP contribution in [0.4, 0.5) is 5.82 Å². The fraction of sp³-hybridized carbons (Fsp3) is 0.615. The lowest BCUT2D eigenvalue weighted by atomic mass is 9.95. The van der Waals surface area contributed by atoms with Gasteiger partial charge in [-0.1, -0.05) is 6.07 Å². The molecule has 2 aliphatic rings. The van der Waals surface area contributed by atoms with Crippen molar-refractivity contribution < 1.29 is 0 Å². The van der Waals surface area contributed by atoms with Crippen LogP contribution in [0, 0.1) is 18.8 Å². The molecule has 3 heterocycles. The van der Waals surface area contributed by atoms with Crippen LogP contribution in [0.3, 0.4) is 0 Å². The van der Waals surface area contributed by atoms with Crippen molar-refractivity contribution in [3.63, 3.8) is 0 Å². The summed E-state index contributed by atoms with van der Waals surface area (Å²) in [4.78, 5) is 7.04. The van der Waals surface area contributed by atoms with Gasteiger partial charge in [0.05, 0.1) is 0 Å². The third kappa shape index (κ3) is 1.42. The molecule has 0 amide bonds. The summed E-state index contributed by atoms with van der Waals surface area (Å²) in [5.74, 6) is 2.81. The normalized spacial score (nSPS) is 33.1. The minimum atomic E-state index is 0.619. The highest BCUT2D eigenvalue weighted by Gasteiger charge is 2.42. The number of hydrogen-bond donors (Lipinski definition) is 1. The van der Waals surface area contributed by atoms with Gasteiger partial charge in [-0.25, -0.2) is 4.98 Å². The predicted octanol–water partition coefficient (Wildman–Crippen LogP) is 1.43. The lowest BCUT2D eigenvalue weighted by Gasteiger charge is -2.26. The third-order valence-corrected chi connectivity index (χ3v) is 4.19. The number of hydrogen-bond acceptors (Lipinski definition) is 3. The van der Waals surface area contributed by atoms with Crippen molar-refractivity contribution >= 4 is 5.82 Å². The van der Waals surface area contributed by atoms with Crippen molar-refractivity contribution in [2.45, 2.75) is 19.9 Å². The van der Waals surface area contributed by atoms with Gasteiger partial charge in [0.2, 0.25) is 0 Å². The van der Waals surface area contributed by atoms with Crippen molar-refractivity contribution in [1.82, 2.24) is 10.3 Å². The first-order valence-electron chi connectivity index (χ1n) is 6.16. The second-order valence-corrected chi connectivity index (χ2v) is 5.12. The molecule has 0 saturated carbocycles. The number of aryl methyl sites for hydroxylation is 1. The Morgan fingerprint density at radius 2 is 2.31 bits per heavy atom. The zero-order chi connectivity index (χ0) is 11.1. The maximum atomic E-state index is 4.54. The van der Waals surface area contributed by atoms with Gasteiger partial charge < -0.3 is 10.2 Å². The molecule has 3 nitrogen and oxygen atoms in total. The maximum Gasteiger partial charge on any atom is 0.131 e. The first-order chi connectivity index (χ1) is 7.77. The van der Waals surface area contributed by atoms with Crippen molar-refractivity contribution in [1.29, 1.82) is 0 Å². The average Bonchev–Trinajstić information content (AvgIpc) is 2.83. The van der Waals surface area contributed by atoms with E-state index < -0.39 is 0 Å². The first kappa shape index (κ1) is 10.1. The van der Waals surface area contributed by atoms with E-state index in [0.29, 0.717) is 6.04 Å². The molecule has 3 heteroatoms. The molecule has 0 bridgehead atoms. The predicted molar refractivity (Wildman–Crippen MR) is 65.6 cm³/mol. The minimum Gasteiger partial charge on any atom is -0.353 e. The van der Waals surface area contributed by atoms with E-state index in [1.165, 1.54) is 24.5 Å². The molecule has 3 atom stereocenters. The van der Waals surface area contributed by atoms with Crippen LogP contribution in [-0.4, -0.2) is 30.7 Å². The van der Waals surface area contributed by atoms with Crippen LogP contribution in [0.15, 0.2) is 18.3 Å². The maximum absolute atomic E-state index is 4.54. The van der Waals surface area contributed by atoms with Gasteiger partial charge in [-0.2, -0.15) is 0 Å². The number of aromatic nitrogens is 1. The molecule has 0 radical (unpaired) electrons. The van der Waals surface area contributed by atoms with E-state index in [2.05, 4.69) is 35.1 Å². The first-order valence-corrected chi connectivity index (χ1v) is 6.16. The summed E-state index contributed by atoms with van der Waals surface area (Å²) in [6.07, 6.45) is 1.90. The monoisotopic (exact) mass is 217 g/mol. The van der Waals surface area contributed by atoms with Crippen LogP contribution in [0.25, 0.3) is 0 Å². The minimum absolute atomic E-state index is 0.619. The Hall–Kier alpha value is -1.09. The molecule has 1 aromatic heterocycles. The Morgan fingerprint density at radius 1 is 1.44 bits per heavy atom. The number of nitrogens with one attached hydrogen (secondary N) is 1. The highest BCUT2D eigenvalue weighted by atomic mass is 15.3. The van der Waals surface area contributed by atoms with Crippen molar-refractivity contribution in [2.75, 3.05) is 24.5 Å².